The Morgan fingerprint density at radius 3 is 2.61 bits per heavy atom. The van der Waals surface area contributed by atoms with Crippen molar-refractivity contribution in [3.63, 3.8) is 0 Å². The van der Waals surface area contributed by atoms with E-state index in [-0.39, 0.29) is 23.4 Å². The predicted molar refractivity (Wildman–Crippen MR) is 102 cm³/mol. The minimum Gasteiger partial charge on any atom is -0.422 e. The molecule has 3 heterocycles. The lowest BCUT2D eigenvalue weighted by Gasteiger charge is -2.12. The van der Waals surface area contributed by atoms with Crippen molar-refractivity contribution in [3.05, 3.63) is 52.8 Å². The van der Waals surface area contributed by atoms with E-state index in [2.05, 4.69) is 15.2 Å². The van der Waals surface area contributed by atoms with Gasteiger partial charge in [-0.25, -0.2) is 9.07 Å². The number of halogens is 1. The number of benzene rings is 1. The summed E-state index contributed by atoms with van der Waals surface area (Å²) in [5.74, 6) is -0.605. The van der Waals surface area contributed by atoms with E-state index in [1.807, 2.05) is 13.8 Å². The molecule has 1 aromatic carbocycles. The molecule has 144 valence electrons. The molecular formula is C19H19FN6O2. The van der Waals surface area contributed by atoms with E-state index in [9.17, 15) is 9.18 Å². The highest BCUT2D eigenvalue weighted by Gasteiger charge is 2.17. The molecule has 0 spiro atoms. The van der Waals surface area contributed by atoms with Gasteiger partial charge in [0.15, 0.2) is 17.2 Å². The number of fused-ring (bicyclic) bond motifs is 1. The molecule has 0 radical (unpaired) electrons. The Hall–Kier alpha value is -3.49. The average Bonchev–Trinajstić information content (AvgIpc) is 3.27. The Morgan fingerprint density at radius 1 is 1.18 bits per heavy atom. The smallest absolute Gasteiger partial charge is 0.306 e. The van der Waals surface area contributed by atoms with Crippen molar-refractivity contribution in [2.45, 2.75) is 19.9 Å². The number of aromatic nitrogens is 6. The van der Waals surface area contributed by atoms with Crippen LogP contribution in [0.5, 0.6) is 11.8 Å². The Kier molecular flexibility index (Phi) is 4.21. The van der Waals surface area contributed by atoms with Gasteiger partial charge in [-0.15, -0.1) is 0 Å². The van der Waals surface area contributed by atoms with Crippen LogP contribution in [0.25, 0.3) is 22.3 Å². The Balaban J connectivity index is 1.74. The molecular weight excluding hydrogens is 363 g/mol. The molecule has 0 atom stereocenters. The highest BCUT2D eigenvalue weighted by atomic mass is 19.1. The third-order valence-corrected chi connectivity index (χ3v) is 4.42. The second-order valence-corrected chi connectivity index (χ2v) is 6.80. The standard InChI is InChI=1S/C19H19FN6O2/c1-11(2)26-17-13(10-21-26)18(27)25(4)19(22-17)28-16-6-5-12(9-14(16)20)15-7-8-24(3)23-15/h5-11H,1-4H3. The van der Waals surface area contributed by atoms with Crippen molar-refractivity contribution in [1.29, 1.82) is 0 Å². The van der Waals surface area contributed by atoms with E-state index in [0.29, 0.717) is 22.3 Å². The molecule has 0 unspecified atom stereocenters. The van der Waals surface area contributed by atoms with Gasteiger partial charge in [-0.2, -0.15) is 15.2 Å². The number of aryl methyl sites for hydroxylation is 1. The fraction of sp³-hybridized carbons (Fsp3) is 0.263. The van der Waals surface area contributed by atoms with Crippen molar-refractivity contribution < 1.29 is 9.13 Å². The normalized spacial score (nSPS) is 11.5. The van der Waals surface area contributed by atoms with Gasteiger partial charge in [0.1, 0.15) is 5.39 Å². The molecule has 8 nitrogen and oxygen atoms in total. The zero-order chi connectivity index (χ0) is 20.0. The molecule has 0 N–H and O–H groups in total. The second kappa shape index (κ2) is 6.59. The first-order valence-corrected chi connectivity index (χ1v) is 8.77. The molecule has 0 aliphatic rings. The topological polar surface area (TPSA) is 79.8 Å². The summed E-state index contributed by atoms with van der Waals surface area (Å²) in [7, 11) is 3.32. The van der Waals surface area contributed by atoms with Crippen LogP contribution in [0.1, 0.15) is 19.9 Å². The molecule has 3 aromatic heterocycles. The van der Waals surface area contributed by atoms with E-state index in [4.69, 9.17) is 4.74 Å². The van der Waals surface area contributed by atoms with E-state index in [0.717, 1.165) is 0 Å². The van der Waals surface area contributed by atoms with Crippen LogP contribution in [-0.4, -0.2) is 29.1 Å². The summed E-state index contributed by atoms with van der Waals surface area (Å²) in [4.78, 5) is 17.0. The predicted octanol–water partition coefficient (Wildman–Crippen LogP) is 3.04. The summed E-state index contributed by atoms with van der Waals surface area (Å²) in [6.45, 7) is 3.87. The van der Waals surface area contributed by atoms with E-state index in [1.54, 1.807) is 34.7 Å². The Morgan fingerprint density at radius 2 is 1.96 bits per heavy atom. The van der Waals surface area contributed by atoms with Crippen LogP contribution in [0, 0.1) is 5.82 Å². The summed E-state index contributed by atoms with van der Waals surface area (Å²) in [6, 6.07) is 6.34. The Bertz CT molecular complexity index is 1240. The van der Waals surface area contributed by atoms with Gasteiger partial charge in [0, 0.05) is 31.9 Å². The first-order chi connectivity index (χ1) is 13.3. The van der Waals surface area contributed by atoms with Gasteiger partial charge in [0.2, 0.25) is 0 Å². The minimum atomic E-state index is -0.574. The number of hydrogen-bond acceptors (Lipinski definition) is 5. The van der Waals surface area contributed by atoms with Crippen molar-refractivity contribution >= 4 is 11.0 Å². The fourth-order valence-corrected chi connectivity index (χ4v) is 2.93. The minimum absolute atomic E-state index is 0.00983. The van der Waals surface area contributed by atoms with Gasteiger partial charge < -0.3 is 4.74 Å². The molecule has 4 aromatic rings. The van der Waals surface area contributed by atoms with Gasteiger partial charge in [-0.05, 0) is 38.1 Å². The molecule has 0 bridgehead atoms. The van der Waals surface area contributed by atoms with Crippen molar-refractivity contribution in [1.82, 2.24) is 29.1 Å². The average molecular weight is 382 g/mol. The van der Waals surface area contributed by atoms with Crippen LogP contribution >= 0.6 is 0 Å². The summed E-state index contributed by atoms with van der Waals surface area (Å²) in [5.41, 5.74) is 1.37. The van der Waals surface area contributed by atoms with E-state index >= 15 is 0 Å². The molecule has 0 fully saturated rings. The highest BCUT2D eigenvalue weighted by molar-refractivity contribution is 5.73. The lowest BCUT2D eigenvalue weighted by molar-refractivity contribution is 0.389. The van der Waals surface area contributed by atoms with Crippen LogP contribution in [-0.2, 0) is 14.1 Å². The summed E-state index contributed by atoms with van der Waals surface area (Å²) in [5, 5.41) is 8.85. The van der Waals surface area contributed by atoms with Gasteiger partial charge in [0.25, 0.3) is 5.56 Å². The highest BCUT2D eigenvalue weighted by Crippen LogP contribution is 2.28. The maximum absolute atomic E-state index is 14.6. The quantitative estimate of drug-likeness (QED) is 0.542. The summed E-state index contributed by atoms with van der Waals surface area (Å²) >= 11 is 0. The van der Waals surface area contributed by atoms with Gasteiger partial charge >= 0.3 is 6.01 Å². The van der Waals surface area contributed by atoms with Crippen LogP contribution in [0.4, 0.5) is 4.39 Å². The van der Waals surface area contributed by atoms with Gasteiger partial charge in [-0.1, -0.05) is 0 Å². The third kappa shape index (κ3) is 2.94. The zero-order valence-electron chi connectivity index (χ0n) is 15.9. The molecule has 0 saturated heterocycles. The number of rotatable bonds is 4. The molecule has 0 aliphatic carbocycles. The Labute approximate surface area is 159 Å². The first kappa shape index (κ1) is 17.9. The fourth-order valence-electron chi connectivity index (χ4n) is 2.93. The maximum Gasteiger partial charge on any atom is 0.306 e. The SMILES string of the molecule is CC(C)n1ncc2c(=O)n(C)c(Oc3ccc(-c4ccn(C)n4)cc3F)nc21. The van der Waals surface area contributed by atoms with Crippen LogP contribution in [0.3, 0.4) is 0 Å². The molecule has 0 aliphatic heterocycles. The number of nitrogens with zero attached hydrogens (tertiary/aromatic N) is 6. The summed E-state index contributed by atoms with van der Waals surface area (Å²) < 4.78 is 24.8. The van der Waals surface area contributed by atoms with Crippen molar-refractivity contribution in [3.8, 4) is 23.0 Å². The van der Waals surface area contributed by atoms with Gasteiger partial charge in [0.05, 0.1) is 11.9 Å². The van der Waals surface area contributed by atoms with Crippen molar-refractivity contribution in [2.75, 3.05) is 0 Å². The molecule has 28 heavy (non-hydrogen) atoms. The molecule has 9 heteroatoms. The lowest BCUT2D eigenvalue weighted by Crippen LogP contribution is -2.20. The number of hydrogen-bond donors (Lipinski definition) is 0. The van der Waals surface area contributed by atoms with Crippen molar-refractivity contribution in [2.24, 2.45) is 14.1 Å². The van der Waals surface area contributed by atoms with Gasteiger partial charge in [-0.3, -0.25) is 14.0 Å². The van der Waals surface area contributed by atoms with Crippen LogP contribution < -0.4 is 10.3 Å². The number of ether oxygens (including phenoxy) is 1. The second-order valence-electron chi connectivity index (χ2n) is 6.80. The summed E-state index contributed by atoms with van der Waals surface area (Å²) in [6.07, 6.45) is 3.27. The van der Waals surface area contributed by atoms with Crippen LogP contribution in [0.15, 0.2) is 41.5 Å². The van der Waals surface area contributed by atoms with Crippen LogP contribution in [0.2, 0.25) is 0 Å². The first-order valence-electron chi connectivity index (χ1n) is 8.77. The van der Waals surface area contributed by atoms with E-state index < -0.39 is 5.82 Å². The lowest BCUT2D eigenvalue weighted by atomic mass is 10.1. The largest absolute Gasteiger partial charge is 0.422 e. The molecule has 0 amide bonds. The van der Waals surface area contributed by atoms with E-state index in [1.165, 1.54) is 29.9 Å². The third-order valence-electron chi connectivity index (χ3n) is 4.42. The monoisotopic (exact) mass is 382 g/mol. The maximum atomic E-state index is 14.6. The zero-order valence-corrected chi connectivity index (χ0v) is 15.9. The molecule has 4 rings (SSSR count). The molecule has 0 saturated carbocycles.